The van der Waals surface area contributed by atoms with Crippen LogP contribution in [0.1, 0.15) is 29.5 Å². The predicted octanol–water partition coefficient (Wildman–Crippen LogP) is 3.67. The lowest BCUT2D eigenvalue weighted by molar-refractivity contribution is -0.116. The Morgan fingerprint density at radius 2 is 1.46 bits per heavy atom. The topological polar surface area (TPSA) is 89.3 Å². The highest BCUT2D eigenvalue weighted by Crippen LogP contribution is 2.27. The molecular formula is C22H22N2O3S. The molecule has 0 aliphatic heterocycles. The summed E-state index contributed by atoms with van der Waals surface area (Å²) in [6.45, 7) is 1.85. The van der Waals surface area contributed by atoms with Crippen LogP contribution in [0.25, 0.3) is 0 Å². The second-order valence-electron chi connectivity index (χ2n) is 6.46. The molecule has 0 saturated heterocycles. The molecule has 0 atom stereocenters. The fourth-order valence-corrected chi connectivity index (χ4v) is 4.06. The average molecular weight is 394 g/mol. The Bertz CT molecular complexity index is 1030. The van der Waals surface area contributed by atoms with E-state index in [4.69, 9.17) is 5.14 Å². The fraction of sp³-hybridized carbons (Fsp3) is 0.136. The molecule has 0 aliphatic rings. The van der Waals surface area contributed by atoms with E-state index in [-0.39, 0.29) is 10.8 Å². The van der Waals surface area contributed by atoms with E-state index in [1.807, 2.05) is 67.6 Å². The number of carbonyl (C=O) groups excluding carboxylic acids is 1. The van der Waals surface area contributed by atoms with Crippen molar-refractivity contribution in [2.75, 3.05) is 5.32 Å². The van der Waals surface area contributed by atoms with Crippen LogP contribution in [0, 0.1) is 0 Å². The minimum atomic E-state index is -3.88. The number of anilines is 1. The van der Waals surface area contributed by atoms with Crippen molar-refractivity contribution in [3.63, 3.8) is 0 Å². The first-order valence-electron chi connectivity index (χ1n) is 8.96. The molecule has 3 aromatic rings. The molecule has 0 radical (unpaired) electrons. The Morgan fingerprint density at radius 1 is 0.929 bits per heavy atom. The van der Waals surface area contributed by atoms with E-state index < -0.39 is 15.9 Å². The summed E-state index contributed by atoms with van der Waals surface area (Å²) in [6, 6.07) is 23.7. The molecule has 0 heterocycles. The van der Waals surface area contributed by atoms with Gasteiger partial charge in [-0.25, -0.2) is 13.6 Å². The van der Waals surface area contributed by atoms with Crippen LogP contribution in [0.5, 0.6) is 0 Å². The van der Waals surface area contributed by atoms with Crippen LogP contribution in [0.15, 0.2) is 83.8 Å². The number of nitrogens with two attached hydrogens (primary N) is 1. The smallest absolute Gasteiger partial charge is 0.238 e. The van der Waals surface area contributed by atoms with E-state index in [1.165, 1.54) is 6.07 Å². The largest absolute Gasteiger partial charge is 0.325 e. The van der Waals surface area contributed by atoms with Gasteiger partial charge in [0.1, 0.15) is 0 Å². The van der Waals surface area contributed by atoms with Gasteiger partial charge in [0.15, 0.2) is 0 Å². The van der Waals surface area contributed by atoms with E-state index >= 15 is 0 Å². The SMILES string of the molecule is CCc1ccc(NC(=O)C(c2ccccc2)c2ccccc2)cc1S(N)(=O)=O. The van der Waals surface area contributed by atoms with Crippen LogP contribution in [0.4, 0.5) is 5.69 Å². The van der Waals surface area contributed by atoms with Crippen LogP contribution in [0.2, 0.25) is 0 Å². The summed E-state index contributed by atoms with van der Waals surface area (Å²) in [4.78, 5) is 13.2. The lowest BCUT2D eigenvalue weighted by atomic mass is 9.90. The summed E-state index contributed by atoms with van der Waals surface area (Å²) >= 11 is 0. The summed E-state index contributed by atoms with van der Waals surface area (Å²) in [6.07, 6.45) is 0.524. The van der Waals surface area contributed by atoms with Gasteiger partial charge in [0, 0.05) is 5.69 Å². The fourth-order valence-electron chi connectivity index (χ4n) is 3.19. The summed E-state index contributed by atoms with van der Waals surface area (Å²) in [5.74, 6) is -0.770. The molecule has 0 spiro atoms. The molecule has 6 heteroatoms. The number of hydrogen-bond donors (Lipinski definition) is 2. The Labute approximate surface area is 165 Å². The Balaban J connectivity index is 1.97. The van der Waals surface area contributed by atoms with Gasteiger partial charge in [0.25, 0.3) is 0 Å². The average Bonchev–Trinajstić information content (AvgIpc) is 2.69. The maximum absolute atomic E-state index is 13.1. The van der Waals surface area contributed by atoms with Gasteiger partial charge in [-0.05, 0) is 35.2 Å². The van der Waals surface area contributed by atoms with Crippen molar-refractivity contribution in [2.45, 2.75) is 24.2 Å². The van der Waals surface area contributed by atoms with Gasteiger partial charge in [-0.1, -0.05) is 73.7 Å². The van der Waals surface area contributed by atoms with Crippen molar-refractivity contribution in [1.29, 1.82) is 0 Å². The van der Waals surface area contributed by atoms with E-state index in [0.29, 0.717) is 17.7 Å². The van der Waals surface area contributed by atoms with E-state index in [0.717, 1.165) is 11.1 Å². The third-order valence-corrected chi connectivity index (χ3v) is 5.54. The van der Waals surface area contributed by atoms with Crippen molar-refractivity contribution >= 4 is 21.6 Å². The molecule has 3 rings (SSSR count). The first-order chi connectivity index (χ1) is 13.4. The molecule has 144 valence electrons. The number of carbonyl (C=O) groups is 1. The lowest BCUT2D eigenvalue weighted by Gasteiger charge is -2.18. The molecule has 1 amide bonds. The minimum Gasteiger partial charge on any atom is -0.325 e. The van der Waals surface area contributed by atoms with E-state index in [1.54, 1.807) is 12.1 Å². The zero-order chi connectivity index (χ0) is 20.1. The van der Waals surface area contributed by atoms with Crippen LogP contribution < -0.4 is 10.5 Å². The highest BCUT2D eigenvalue weighted by molar-refractivity contribution is 7.89. The van der Waals surface area contributed by atoms with Crippen molar-refractivity contribution in [2.24, 2.45) is 5.14 Å². The minimum absolute atomic E-state index is 0.0313. The summed E-state index contributed by atoms with van der Waals surface area (Å²) < 4.78 is 23.8. The van der Waals surface area contributed by atoms with Crippen LogP contribution in [0.3, 0.4) is 0 Å². The first kappa shape index (κ1) is 19.8. The number of aryl methyl sites for hydroxylation is 1. The lowest BCUT2D eigenvalue weighted by Crippen LogP contribution is -2.23. The highest BCUT2D eigenvalue weighted by Gasteiger charge is 2.23. The number of rotatable bonds is 6. The third kappa shape index (κ3) is 4.47. The quantitative estimate of drug-likeness (QED) is 0.668. The second-order valence-corrected chi connectivity index (χ2v) is 7.99. The molecule has 0 unspecified atom stereocenters. The Kier molecular flexibility index (Phi) is 5.92. The monoisotopic (exact) mass is 394 g/mol. The molecule has 0 fully saturated rings. The Morgan fingerprint density at radius 3 is 1.93 bits per heavy atom. The number of benzene rings is 3. The molecule has 28 heavy (non-hydrogen) atoms. The summed E-state index contributed by atoms with van der Waals surface area (Å²) in [7, 11) is -3.88. The highest BCUT2D eigenvalue weighted by atomic mass is 32.2. The maximum Gasteiger partial charge on any atom is 0.238 e. The van der Waals surface area contributed by atoms with Gasteiger partial charge >= 0.3 is 0 Å². The number of nitrogens with one attached hydrogen (secondary N) is 1. The number of primary sulfonamides is 1. The van der Waals surface area contributed by atoms with E-state index in [2.05, 4.69) is 5.32 Å². The van der Waals surface area contributed by atoms with Gasteiger partial charge in [-0.15, -0.1) is 0 Å². The van der Waals surface area contributed by atoms with Crippen LogP contribution in [-0.2, 0) is 21.2 Å². The van der Waals surface area contributed by atoms with Crippen molar-refractivity contribution < 1.29 is 13.2 Å². The van der Waals surface area contributed by atoms with Crippen molar-refractivity contribution in [3.8, 4) is 0 Å². The standard InChI is InChI=1S/C22H22N2O3S/c1-2-16-13-14-19(15-20(16)28(23,26)27)24-22(25)21(17-9-5-3-6-10-17)18-11-7-4-8-12-18/h3-15,21H,2H2,1H3,(H,24,25)(H2,23,26,27). The first-order valence-corrected chi connectivity index (χ1v) is 10.5. The third-order valence-electron chi connectivity index (χ3n) is 4.55. The van der Waals surface area contributed by atoms with Gasteiger partial charge in [-0.3, -0.25) is 4.79 Å². The Hall–Kier alpha value is -2.96. The second kappa shape index (κ2) is 8.37. The molecule has 3 N–H and O–H groups in total. The van der Waals surface area contributed by atoms with Crippen LogP contribution >= 0.6 is 0 Å². The molecular weight excluding hydrogens is 372 g/mol. The molecule has 3 aromatic carbocycles. The van der Waals surface area contributed by atoms with Gasteiger partial charge in [0.05, 0.1) is 10.8 Å². The molecule has 0 saturated carbocycles. The van der Waals surface area contributed by atoms with Crippen molar-refractivity contribution in [3.05, 3.63) is 95.6 Å². The molecule has 5 nitrogen and oxygen atoms in total. The normalized spacial score (nSPS) is 11.4. The zero-order valence-corrected chi connectivity index (χ0v) is 16.3. The molecule has 0 aromatic heterocycles. The zero-order valence-electron chi connectivity index (χ0n) is 15.5. The number of sulfonamides is 1. The van der Waals surface area contributed by atoms with Gasteiger partial charge < -0.3 is 5.32 Å². The maximum atomic E-state index is 13.1. The number of amides is 1. The van der Waals surface area contributed by atoms with Gasteiger partial charge in [0.2, 0.25) is 15.9 Å². The summed E-state index contributed by atoms with van der Waals surface area (Å²) in [5, 5.41) is 8.18. The predicted molar refractivity (Wildman–Crippen MR) is 111 cm³/mol. The van der Waals surface area contributed by atoms with E-state index in [9.17, 15) is 13.2 Å². The van der Waals surface area contributed by atoms with Crippen molar-refractivity contribution in [1.82, 2.24) is 0 Å². The number of hydrogen-bond acceptors (Lipinski definition) is 3. The molecule has 0 bridgehead atoms. The molecule has 0 aliphatic carbocycles. The summed E-state index contributed by atoms with van der Waals surface area (Å²) in [5.41, 5.74) is 2.71. The van der Waals surface area contributed by atoms with Crippen LogP contribution in [-0.4, -0.2) is 14.3 Å². The van der Waals surface area contributed by atoms with Gasteiger partial charge in [-0.2, -0.15) is 0 Å².